The Morgan fingerprint density at radius 2 is 1.94 bits per heavy atom. The SMILES string of the molecule is CCCCOc1ccc(/C=C2/SC(=S)N(c3cccc(C(=O)Nc4ccc(F)cc4)c3)C2=O)cc1Br. The van der Waals surface area contributed by atoms with Gasteiger partial charge in [0, 0.05) is 11.3 Å². The van der Waals surface area contributed by atoms with Gasteiger partial charge < -0.3 is 10.1 Å². The number of hydrogen-bond donors (Lipinski definition) is 1. The molecule has 1 aliphatic rings. The summed E-state index contributed by atoms with van der Waals surface area (Å²) >= 11 is 10.2. The van der Waals surface area contributed by atoms with Gasteiger partial charge in [-0.2, -0.15) is 0 Å². The Morgan fingerprint density at radius 1 is 1.17 bits per heavy atom. The number of rotatable bonds is 8. The number of carbonyl (C=O) groups is 2. The van der Waals surface area contributed by atoms with Crippen LogP contribution in [0.1, 0.15) is 35.7 Å². The molecule has 0 aliphatic carbocycles. The maximum atomic E-state index is 13.2. The Hall–Kier alpha value is -3.01. The van der Waals surface area contributed by atoms with Crippen LogP contribution in [0.4, 0.5) is 15.8 Å². The van der Waals surface area contributed by atoms with E-state index in [1.807, 2.05) is 18.2 Å². The molecule has 9 heteroatoms. The van der Waals surface area contributed by atoms with Crippen LogP contribution in [0.3, 0.4) is 0 Å². The van der Waals surface area contributed by atoms with E-state index in [2.05, 4.69) is 28.2 Å². The highest BCUT2D eigenvalue weighted by Gasteiger charge is 2.33. The van der Waals surface area contributed by atoms with Gasteiger partial charge in [0.15, 0.2) is 4.32 Å². The molecule has 0 bridgehead atoms. The van der Waals surface area contributed by atoms with Gasteiger partial charge in [0.05, 0.1) is 21.7 Å². The fourth-order valence-corrected chi connectivity index (χ4v) is 5.22. The molecule has 1 saturated heterocycles. The summed E-state index contributed by atoms with van der Waals surface area (Å²) in [7, 11) is 0. The average molecular weight is 586 g/mol. The topological polar surface area (TPSA) is 58.6 Å². The zero-order chi connectivity index (χ0) is 25.7. The third kappa shape index (κ3) is 6.21. The Labute approximate surface area is 226 Å². The van der Waals surface area contributed by atoms with Crippen LogP contribution in [0.15, 0.2) is 76.1 Å². The molecule has 184 valence electrons. The van der Waals surface area contributed by atoms with Gasteiger partial charge in [-0.3, -0.25) is 14.5 Å². The van der Waals surface area contributed by atoms with Crippen molar-refractivity contribution in [2.45, 2.75) is 19.8 Å². The number of thiocarbonyl (C=S) groups is 1. The predicted molar refractivity (Wildman–Crippen MR) is 151 cm³/mol. The van der Waals surface area contributed by atoms with Crippen molar-refractivity contribution in [1.82, 2.24) is 0 Å². The van der Waals surface area contributed by atoms with Crippen molar-refractivity contribution < 1.29 is 18.7 Å². The van der Waals surface area contributed by atoms with E-state index in [1.165, 1.54) is 40.9 Å². The maximum Gasteiger partial charge on any atom is 0.270 e. The van der Waals surface area contributed by atoms with E-state index in [0.717, 1.165) is 28.6 Å². The second kappa shape index (κ2) is 11.8. The molecule has 3 aromatic rings. The largest absolute Gasteiger partial charge is 0.492 e. The van der Waals surface area contributed by atoms with Crippen LogP contribution in [-0.4, -0.2) is 22.7 Å². The number of amides is 2. The number of anilines is 2. The minimum atomic E-state index is -0.388. The lowest BCUT2D eigenvalue weighted by Crippen LogP contribution is -2.27. The van der Waals surface area contributed by atoms with Crippen LogP contribution in [0.25, 0.3) is 6.08 Å². The Kier molecular flexibility index (Phi) is 8.56. The number of hydrogen-bond acceptors (Lipinski definition) is 5. The minimum Gasteiger partial charge on any atom is -0.492 e. The number of nitrogens with one attached hydrogen (secondary N) is 1. The van der Waals surface area contributed by atoms with Crippen molar-refractivity contribution in [3.8, 4) is 5.75 Å². The van der Waals surface area contributed by atoms with Crippen LogP contribution in [-0.2, 0) is 4.79 Å². The molecule has 2 amide bonds. The first-order valence-corrected chi connectivity index (χ1v) is 13.2. The quantitative estimate of drug-likeness (QED) is 0.169. The van der Waals surface area contributed by atoms with Gasteiger partial charge in [0.25, 0.3) is 11.8 Å². The molecule has 1 N–H and O–H groups in total. The van der Waals surface area contributed by atoms with Crippen molar-refractivity contribution >= 4 is 73.5 Å². The molecule has 1 fully saturated rings. The van der Waals surface area contributed by atoms with Gasteiger partial charge >= 0.3 is 0 Å². The van der Waals surface area contributed by atoms with Crippen LogP contribution in [0.5, 0.6) is 5.75 Å². The summed E-state index contributed by atoms with van der Waals surface area (Å²) in [6.45, 7) is 2.75. The Morgan fingerprint density at radius 3 is 2.67 bits per heavy atom. The van der Waals surface area contributed by atoms with E-state index in [1.54, 1.807) is 30.3 Å². The summed E-state index contributed by atoms with van der Waals surface area (Å²) in [6, 6.07) is 17.8. The molecule has 1 heterocycles. The summed E-state index contributed by atoms with van der Waals surface area (Å²) in [5, 5.41) is 2.72. The lowest BCUT2D eigenvalue weighted by molar-refractivity contribution is -0.113. The third-order valence-electron chi connectivity index (χ3n) is 5.27. The van der Waals surface area contributed by atoms with Crippen molar-refractivity contribution in [2.24, 2.45) is 0 Å². The molecule has 0 unspecified atom stereocenters. The highest BCUT2D eigenvalue weighted by atomic mass is 79.9. The van der Waals surface area contributed by atoms with Gasteiger partial charge in [-0.25, -0.2) is 4.39 Å². The summed E-state index contributed by atoms with van der Waals surface area (Å²) < 4.78 is 20.1. The highest BCUT2D eigenvalue weighted by molar-refractivity contribution is 9.10. The fourth-order valence-electron chi connectivity index (χ4n) is 3.41. The third-order valence-corrected chi connectivity index (χ3v) is 7.19. The summed E-state index contributed by atoms with van der Waals surface area (Å²) in [6.07, 6.45) is 3.82. The maximum absolute atomic E-state index is 13.2. The molecular formula is C27H22BrFN2O3S2. The highest BCUT2D eigenvalue weighted by Crippen LogP contribution is 2.37. The molecule has 36 heavy (non-hydrogen) atoms. The van der Waals surface area contributed by atoms with Crippen LogP contribution < -0.4 is 15.0 Å². The summed E-state index contributed by atoms with van der Waals surface area (Å²) in [4.78, 5) is 27.8. The monoisotopic (exact) mass is 584 g/mol. The molecule has 1 aliphatic heterocycles. The van der Waals surface area contributed by atoms with Crippen molar-refractivity contribution in [3.05, 3.63) is 93.1 Å². The smallest absolute Gasteiger partial charge is 0.270 e. The average Bonchev–Trinajstić information content (AvgIpc) is 3.14. The number of unbranched alkanes of at least 4 members (excludes halogenated alkanes) is 1. The van der Waals surface area contributed by atoms with Gasteiger partial charge in [-0.15, -0.1) is 0 Å². The number of thioether (sulfide) groups is 1. The first-order chi connectivity index (χ1) is 17.4. The van der Waals surface area contributed by atoms with E-state index < -0.39 is 0 Å². The standard InChI is InChI=1S/C27H22BrFN2O3S2/c1-2-3-13-34-23-12-7-17(14-22(23)28)15-24-26(33)31(27(35)36-24)21-6-4-5-18(16-21)25(32)30-20-10-8-19(29)9-11-20/h4-12,14-16H,2-3,13H2,1H3,(H,30,32)/b24-15+. The number of nitrogens with zero attached hydrogens (tertiary/aromatic N) is 1. The molecule has 3 aromatic carbocycles. The van der Waals surface area contributed by atoms with E-state index in [4.69, 9.17) is 17.0 Å². The molecule has 5 nitrogen and oxygen atoms in total. The van der Waals surface area contributed by atoms with Gasteiger partial charge in [-0.1, -0.05) is 49.5 Å². The first kappa shape index (κ1) is 26.1. The number of carbonyl (C=O) groups excluding carboxylic acids is 2. The second-order valence-corrected chi connectivity index (χ2v) is 10.5. The molecule has 4 rings (SSSR count). The van der Waals surface area contributed by atoms with Crippen molar-refractivity contribution in [1.29, 1.82) is 0 Å². The molecule has 0 aromatic heterocycles. The summed E-state index contributed by atoms with van der Waals surface area (Å²) in [5.41, 5.74) is 2.14. The van der Waals surface area contributed by atoms with Crippen molar-refractivity contribution in [3.63, 3.8) is 0 Å². The first-order valence-electron chi connectivity index (χ1n) is 11.2. The number of benzene rings is 3. The van der Waals surface area contributed by atoms with E-state index in [-0.39, 0.29) is 17.6 Å². The van der Waals surface area contributed by atoms with Crippen LogP contribution >= 0.6 is 39.9 Å². The van der Waals surface area contributed by atoms with Crippen LogP contribution in [0, 0.1) is 5.82 Å². The van der Waals surface area contributed by atoms with E-state index in [9.17, 15) is 14.0 Å². The van der Waals surface area contributed by atoms with E-state index in [0.29, 0.717) is 32.8 Å². The fraction of sp³-hybridized carbons (Fsp3) is 0.148. The predicted octanol–water partition coefficient (Wildman–Crippen LogP) is 7.43. The van der Waals surface area contributed by atoms with Crippen LogP contribution in [0.2, 0.25) is 0 Å². The molecule has 0 spiro atoms. The molecule has 0 atom stereocenters. The van der Waals surface area contributed by atoms with E-state index >= 15 is 0 Å². The molecule has 0 saturated carbocycles. The normalized spacial score (nSPS) is 14.4. The van der Waals surface area contributed by atoms with Crippen molar-refractivity contribution in [2.75, 3.05) is 16.8 Å². The van der Waals surface area contributed by atoms with Gasteiger partial charge in [0.2, 0.25) is 0 Å². The zero-order valence-corrected chi connectivity index (χ0v) is 22.5. The number of ether oxygens (including phenoxy) is 1. The zero-order valence-electron chi connectivity index (χ0n) is 19.3. The Balaban J connectivity index is 1.50. The second-order valence-electron chi connectivity index (χ2n) is 7.92. The number of halogens is 2. The minimum absolute atomic E-state index is 0.263. The molecular weight excluding hydrogens is 563 g/mol. The molecule has 0 radical (unpaired) electrons. The van der Waals surface area contributed by atoms with Gasteiger partial charge in [-0.05, 0) is 88.6 Å². The van der Waals surface area contributed by atoms with Gasteiger partial charge in [0.1, 0.15) is 11.6 Å². The lowest BCUT2D eigenvalue weighted by atomic mass is 10.1. The lowest BCUT2D eigenvalue weighted by Gasteiger charge is -2.15. The summed E-state index contributed by atoms with van der Waals surface area (Å²) in [5.74, 6) is -0.277. The Bertz CT molecular complexity index is 1350.